The first-order valence-corrected chi connectivity index (χ1v) is 9.31. The Labute approximate surface area is 148 Å². The molecule has 0 bridgehead atoms. The summed E-state index contributed by atoms with van der Waals surface area (Å²) < 4.78 is 5.21. The zero-order valence-corrected chi connectivity index (χ0v) is 14.5. The molecule has 1 aliphatic carbocycles. The average molecular weight is 354 g/mol. The second kappa shape index (κ2) is 6.80. The van der Waals surface area contributed by atoms with Gasteiger partial charge in [0, 0.05) is 23.2 Å². The van der Waals surface area contributed by atoms with Gasteiger partial charge in [0.05, 0.1) is 10.7 Å². The fraction of sp³-hybridized carbons (Fsp3) is 0.316. The van der Waals surface area contributed by atoms with Crippen molar-refractivity contribution < 1.29 is 9.21 Å². The second-order valence-electron chi connectivity index (χ2n) is 6.18. The van der Waals surface area contributed by atoms with Gasteiger partial charge in [-0.25, -0.2) is 9.78 Å². The molecule has 0 aliphatic heterocycles. The third kappa shape index (κ3) is 3.35. The molecule has 6 heteroatoms. The van der Waals surface area contributed by atoms with E-state index in [2.05, 4.69) is 10.3 Å². The molecule has 0 spiro atoms. The highest BCUT2D eigenvalue weighted by Crippen LogP contribution is 2.26. The number of para-hydroxylation sites is 1. The number of carbonyl (C=O) groups excluding carboxylic acids is 1. The largest absolute Gasteiger partial charge is 0.422 e. The average Bonchev–Trinajstić information content (AvgIpc) is 3.03. The van der Waals surface area contributed by atoms with Crippen LogP contribution in [0.2, 0.25) is 0 Å². The predicted molar refractivity (Wildman–Crippen MR) is 97.3 cm³/mol. The molecule has 0 atom stereocenters. The number of benzene rings is 1. The van der Waals surface area contributed by atoms with Gasteiger partial charge >= 0.3 is 5.63 Å². The molecule has 1 N–H and O–H groups in total. The lowest BCUT2D eigenvalue weighted by Gasteiger charge is -2.06. The van der Waals surface area contributed by atoms with Crippen molar-refractivity contribution in [2.75, 3.05) is 6.54 Å². The number of rotatable bonds is 4. The van der Waals surface area contributed by atoms with Gasteiger partial charge in [0.2, 0.25) is 0 Å². The maximum Gasteiger partial charge on any atom is 0.349 e. The lowest BCUT2D eigenvalue weighted by atomic mass is 10.0. The molecular formula is C19H18N2O3S. The highest BCUT2D eigenvalue weighted by molar-refractivity contribution is 7.11. The Morgan fingerprint density at radius 3 is 2.96 bits per heavy atom. The fourth-order valence-corrected chi connectivity index (χ4v) is 4.27. The van der Waals surface area contributed by atoms with Gasteiger partial charge < -0.3 is 9.73 Å². The molecule has 25 heavy (non-hydrogen) atoms. The van der Waals surface area contributed by atoms with Crippen molar-refractivity contribution in [1.29, 1.82) is 0 Å². The van der Waals surface area contributed by atoms with Crippen molar-refractivity contribution >= 4 is 28.2 Å². The van der Waals surface area contributed by atoms with Crippen LogP contribution in [0.3, 0.4) is 0 Å². The first-order chi connectivity index (χ1) is 12.2. The van der Waals surface area contributed by atoms with Crippen LogP contribution in [0.15, 0.2) is 39.5 Å². The van der Waals surface area contributed by atoms with E-state index >= 15 is 0 Å². The number of aromatic nitrogens is 1. The van der Waals surface area contributed by atoms with Gasteiger partial charge in [-0.3, -0.25) is 4.79 Å². The quantitative estimate of drug-likeness (QED) is 0.731. The molecule has 2 heterocycles. The van der Waals surface area contributed by atoms with Crippen LogP contribution in [0, 0.1) is 0 Å². The number of thiazole rings is 1. The molecule has 3 aromatic rings. The van der Waals surface area contributed by atoms with E-state index in [1.807, 2.05) is 12.1 Å². The number of aryl methyl sites for hydroxylation is 2. The normalized spacial score (nSPS) is 13.6. The summed E-state index contributed by atoms with van der Waals surface area (Å²) >= 11 is 1.75. The molecule has 0 fully saturated rings. The first kappa shape index (κ1) is 16.0. The van der Waals surface area contributed by atoms with E-state index in [4.69, 9.17) is 4.42 Å². The van der Waals surface area contributed by atoms with Crippen LogP contribution in [0.4, 0.5) is 0 Å². The van der Waals surface area contributed by atoms with Crippen molar-refractivity contribution in [3.05, 3.63) is 61.9 Å². The summed E-state index contributed by atoms with van der Waals surface area (Å²) in [7, 11) is 0. The lowest BCUT2D eigenvalue weighted by Crippen LogP contribution is -2.29. The van der Waals surface area contributed by atoms with E-state index in [0.717, 1.165) is 23.2 Å². The SMILES string of the molecule is O=C(NCCc1nc2c(s1)CCCC2)c1cc2ccccc2oc1=O. The smallest absolute Gasteiger partial charge is 0.349 e. The summed E-state index contributed by atoms with van der Waals surface area (Å²) in [6.45, 7) is 0.456. The molecule has 4 rings (SSSR count). The summed E-state index contributed by atoms with van der Waals surface area (Å²) in [4.78, 5) is 30.4. The molecule has 2 aromatic heterocycles. The third-order valence-electron chi connectivity index (χ3n) is 4.40. The number of carbonyl (C=O) groups is 1. The molecule has 0 saturated heterocycles. The van der Waals surface area contributed by atoms with E-state index in [1.165, 1.54) is 23.4 Å². The standard InChI is InChI=1S/C19H18N2O3S/c22-18(13-11-12-5-1-3-7-15(12)24-19(13)23)20-10-9-17-21-14-6-2-4-8-16(14)25-17/h1,3,5,7,11H,2,4,6,8-10H2,(H,20,22). The number of hydrogen-bond acceptors (Lipinski definition) is 5. The number of hydrogen-bond donors (Lipinski definition) is 1. The third-order valence-corrected chi connectivity index (χ3v) is 5.62. The highest BCUT2D eigenvalue weighted by atomic mass is 32.1. The molecule has 0 unspecified atom stereocenters. The predicted octanol–water partition coefficient (Wildman–Crippen LogP) is 3.10. The van der Waals surface area contributed by atoms with Crippen molar-refractivity contribution in [1.82, 2.24) is 10.3 Å². The van der Waals surface area contributed by atoms with Crippen molar-refractivity contribution in [3.8, 4) is 0 Å². The van der Waals surface area contributed by atoms with Crippen molar-refractivity contribution in [2.24, 2.45) is 0 Å². The molecule has 0 radical (unpaired) electrons. The summed E-state index contributed by atoms with van der Waals surface area (Å²) in [5, 5.41) is 4.59. The zero-order chi connectivity index (χ0) is 17.2. The Hall–Kier alpha value is -2.47. The van der Waals surface area contributed by atoms with E-state index < -0.39 is 11.5 Å². The minimum absolute atomic E-state index is 0.0390. The molecule has 1 amide bonds. The monoisotopic (exact) mass is 354 g/mol. The molecule has 1 aromatic carbocycles. The van der Waals surface area contributed by atoms with Gasteiger partial charge in [-0.15, -0.1) is 11.3 Å². The van der Waals surface area contributed by atoms with Gasteiger partial charge in [0.1, 0.15) is 11.1 Å². The molecular weight excluding hydrogens is 336 g/mol. The van der Waals surface area contributed by atoms with Gasteiger partial charge in [-0.2, -0.15) is 0 Å². The van der Waals surface area contributed by atoms with Crippen molar-refractivity contribution in [2.45, 2.75) is 32.1 Å². The Kier molecular flexibility index (Phi) is 4.36. The van der Waals surface area contributed by atoms with Crippen LogP contribution in [-0.4, -0.2) is 17.4 Å². The van der Waals surface area contributed by atoms with Gasteiger partial charge in [0.25, 0.3) is 5.91 Å². The van der Waals surface area contributed by atoms with Crippen LogP contribution < -0.4 is 10.9 Å². The van der Waals surface area contributed by atoms with Crippen LogP contribution in [0.1, 0.15) is 38.8 Å². The summed E-state index contributed by atoms with van der Waals surface area (Å²) in [5.41, 5.74) is 1.14. The van der Waals surface area contributed by atoms with Gasteiger partial charge in [-0.1, -0.05) is 18.2 Å². The van der Waals surface area contributed by atoms with Crippen LogP contribution in [0.25, 0.3) is 11.0 Å². The van der Waals surface area contributed by atoms with Gasteiger partial charge in [0.15, 0.2) is 0 Å². The molecule has 128 valence electrons. The van der Waals surface area contributed by atoms with E-state index in [9.17, 15) is 9.59 Å². The maximum atomic E-state index is 12.3. The summed E-state index contributed by atoms with van der Waals surface area (Å²) in [6.07, 6.45) is 5.32. The topological polar surface area (TPSA) is 72.2 Å². The minimum Gasteiger partial charge on any atom is -0.422 e. The maximum absolute atomic E-state index is 12.3. The molecule has 0 saturated carbocycles. The van der Waals surface area contributed by atoms with Gasteiger partial charge in [-0.05, 0) is 37.8 Å². The Bertz CT molecular complexity index is 966. The van der Waals surface area contributed by atoms with E-state index in [1.54, 1.807) is 29.5 Å². The number of nitrogens with zero attached hydrogens (tertiary/aromatic N) is 1. The number of amides is 1. The van der Waals surface area contributed by atoms with Crippen LogP contribution >= 0.6 is 11.3 Å². The Morgan fingerprint density at radius 1 is 1.24 bits per heavy atom. The number of nitrogens with one attached hydrogen (secondary N) is 1. The first-order valence-electron chi connectivity index (χ1n) is 8.49. The van der Waals surface area contributed by atoms with E-state index in [-0.39, 0.29) is 5.56 Å². The lowest BCUT2D eigenvalue weighted by molar-refractivity contribution is 0.0950. The van der Waals surface area contributed by atoms with Crippen molar-refractivity contribution in [3.63, 3.8) is 0 Å². The molecule has 1 aliphatic rings. The molecule has 5 nitrogen and oxygen atoms in total. The van der Waals surface area contributed by atoms with E-state index in [0.29, 0.717) is 18.5 Å². The minimum atomic E-state index is -0.610. The highest BCUT2D eigenvalue weighted by Gasteiger charge is 2.16. The zero-order valence-electron chi connectivity index (χ0n) is 13.7. The Balaban J connectivity index is 1.43. The second-order valence-corrected chi connectivity index (χ2v) is 7.34. The Morgan fingerprint density at radius 2 is 2.08 bits per heavy atom. The van der Waals surface area contributed by atoms with Crippen LogP contribution in [0.5, 0.6) is 0 Å². The fourth-order valence-electron chi connectivity index (χ4n) is 3.11. The van der Waals surface area contributed by atoms with Crippen LogP contribution in [-0.2, 0) is 19.3 Å². The summed E-state index contributed by atoms with van der Waals surface area (Å²) in [6, 6.07) is 8.74. The number of fused-ring (bicyclic) bond motifs is 2. The summed E-state index contributed by atoms with van der Waals surface area (Å²) in [5.74, 6) is -0.402.